The van der Waals surface area contributed by atoms with Gasteiger partial charge < -0.3 is 9.84 Å². The van der Waals surface area contributed by atoms with Gasteiger partial charge in [0.2, 0.25) is 0 Å². The highest BCUT2D eigenvalue weighted by molar-refractivity contribution is 6.31. The van der Waals surface area contributed by atoms with E-state index in [2.05, 4.69) is 0 Å². The molecule has 4 heteroatoms. The molecule has 0 aliphatic heterocycles. The molecule has 1 aromatic carbocycles. The fourth-order valence-corrected chi connectivity index (χ4v) is 1.55. The maximum Gasteiger partial charge on any atom is 0.339 e. The van der Waals surface area contributed by atoms with Crippen molar-refractivity contribution >= 4 is 17.6 Å². The summed E-state index contributed by atoms with van der Waals surface area (Å²) in [6.07, 6.45) is 0.685. The Morgan fingerprint density at radius 2 is 2.21 bits per heavy atom. The average molecular weight is 215 g/mol. The monoisotopic (exact) mass is 214 g/mol. The summed E-state index contributed by atoms with van der Waals surface area (Å²) in [5.41, 5.74) is 0.911. The number of carboxylic acids is 1. The molecule has 0 unspecified atom stereocenters. The predicted molar refractivity (Wildman–Crippen MR) is 54.3 cm³/mol. The Morgan fingerprint density at radius 1 is 1.57 bits per heavy atom. The minimum absolute atomic E-state index is 0.108. The summed E-state index contributed by atoms with van der Waals surface area (Å²) in [6.45, 7) is 1.92. The lowest BCUT2D eigenvalue weighted by molar-refractivity contribution is 0.0693. The molecule has 0 aromatic heterocycles. The normalized spacial score (nSPS) is 9.93. The molecule has 0 radical (unpaired) electrons. The number of hydrogen-bond donors (Lipinski definition) is 1. The molecule has 76 valence electrons. The van der Waals surface area contributed by atoms with Gasteiger partial charge in [-0.3, -0.25) is 0 Å². The number of methoxy groups -OCH3 is 1. The van der Waals surface area contributed by atoms with Crippen molar-refractivity contribution in [3.05, 3.63) is 28.3 Å². The van der Waals surface area contributed by atoms with Gasteiger partial charge in [-0.05, 0) is 24.1 Å². The SMILES string of the molecule is CCc1cc(Cl)cc(C(=O)O)c1OC. The highest BCUT2D eigenvalue weighted by atomic mass is 35.5. The van der Waals surface area contributed by atoms with Crippen LogP contribution in [0.25, 0.3) is 0 Å². The summed E-state index contributed by atoms with van der Waals surface area (Å²) in [4.78, 5) is 10.9. The van der Waals surface area contributed by atoms with E-state index in [0.717, 1.165) is 5.56 Å². The molecular formula is C10H11ClO3. The zero-order chi connectivity index (χ0) is 10.7. The first-order valence-electron chi connectivity index (χ1n) is 4.19. The van der Waals surface area contributed by atoms with Crippen LogP contribution in [0.5, 0.6) is 5.75 Å². The molecular weight excluding hydrogens is 204 g/mol. The number of aromatic carboxylic acids is 1. The Hall–Kier alpha value is -1.22. The fourth-order valence-electron chi connectivity index (χ4n) is 1.31. The summed E-state index contributed by atoms with van der Waals surface area (Å²) in [6, 6.07) is 3.11. The second kappa shape index (κ2) is 4.33. The second-order valence-corrected chi connectivity index (χ2v) is 3.24. The number of halogens is 1. The molecule has 0 atom stereocenters. The van der Waals surface area contributed by atoms with Gasteiger partial charge in [0.1, 0.15) is 11.3 Å². The third kappa shape index (κ3) is 1.99. The van der Waals surface area contributed by atoms with Crippen molar-refractivity contribution in [2.24, 2.45) is 0 Å². The zero-order valence-electron chi connectivity index (χ0n) is 8.00. The average Bonchev–Trinajstić information content (AvgIpc) is 2.16. The Morgan fingerprint density at radius 3 is 2.64 bits per heavy atom. The summed E-state index contributed by atoms with van der Waals surface area (Å²) >= 11 is 5.78. The number of benzene rings is 1. The summed E-state index contributed by atoms with van der Waals surface area (Å²) in [5, 5.41) is 9.32. The number of aryl methyl sites for hydroxylation is 1. The van der Waals surface area contributed by atoms with Crippen LogP contribution in [0.1, 0.15) is 22.8 Å². The van der Waals surface area contributed by atoms with Crippen LogP contribution in [0.3, 0.4) is 0 Å². The van der Waals surface area contributed by atoms with E-state index >= 15 is 0 Å². The van der Waals surface area contributed by atoms with Crippen molar-refractivity contribution in [3.63, 3.8) is 0 Å². The Bertz CT molecular complexity index is 361. The molecule has 0 aliphatic rings. The number of ether oxygens (including phenoxy) is 1. The van der Waals surface area contributed by atoms with Gasteiger partial charge in [-0.25, -0.2) is 4.79 Å². The Kier molecular flexibility index (Phi) is 3.36. The van der Waals surface area contributed by atoms with Crippen LogP contribution in [0, 0.1) is 0 Å². The molecule has 1 N–H and O–H groups in total. The third-order valence-corrected chi connectivity index (χ3v) is 2.16. The van der Waals surface area contributed by atoms with Gasteiger partial charge in [-0.15, -0.1) is 0 Å². The molecule has 0 amide bonds. The van der Waals surface area contributed by atoms with Gasteiger partial charge >= 0.3 is 5.97 Å². The lowest BCUT2D eigenvalue weighted by Gasteiger charge is -2.10. The fraction of sp³-hybridized carbons (Fsp3) is 0.300. The number of rotatable bonds is 3. The van der Waals surface area contributed by atoms with E-state index in [4.69, 9.17) is 21.4 Å². The van der Waals surface area contributed by atoms with E-state index in [1.165, 1.54) is 13.2 Å². The molecule has 0 bridgehead atoms. The lowest BCUT2D eigenvalue weighted by atomic mass is 10.1. The van der Waals surface area contributed by atoms with Gasteiger partial charge in [-0.2, -0.15) is 0 Å². The van der Waals surface area contributed by atoms with E-state index in [0.29, 0.717) is 17.2 Å². The summed E-state index contributed by atoms with van der Waals surface area (Å²) in [7, 11) is 1.45. The highest BCUT2D eigenvalue weighted by Gasteiger charge is 2.15. The first kappa shape index (κ1) is 10.9. The smallest absolute Gasteiger partial charge is 0.339 e. The second-order valence-electron chi connectivity index (χ2n) is 2.80. The third-order valence-electron chi connectivity index (χ3n) is 1.95. The molecule has 1 rings (SSSR count). The van der Waals surface area contributed by atoms with Crippen molar-refractivity contribution in [2.45, 2.75) is 13.3 Å². The first-order chi connectivity index (χ1) is 6.60. The molecule has 3 nitrogen and oxygen atoms in total. The van der Waals surface area contributed by atoms with Gasteiger partial charge in [0.25, 0.3) is 0 Å². The van der Waals surface area contributed by atoms with Crippen molar-refractivity contribution in [1.82, 2.24) is 0 Å². The van der Waals surface area contributed by atoms with Crippen LogP contribution in [0.2, 0.25) is 5.02 Å². The van der Waals surface area contributed by atoms with Crippen molar-refractivity contribution in [1.29, 1.82) is 0 Å². The van der Waals surface area contributed by atoms with Crippen LogP contribution in [0.4, 0.5) is 0 Å². The van der Waals surface area contributed by atoms with Gasteiger partial charge in [0, 0.05) is 5.02 Å². The number of carbonyl (C=O) groups is 1. The quantitative estimate of drug-likeness (QED) is 0.842. The van der Waals surface area contributed by atoms with Gasteiger partial charge in [0.15, 0.2) is 0 Å². The maximum absolute atomic E-state index is 10.9. The Balaban J connectivity index is 3.39. The standard InChI is InChI=1S/C10H11ClO3/c1-3-6-4-7(11)5-8(10(12)13)9(6)14-2/h4-5H,3H2,1-2H3,(H,12,13). The van der Waals surface area contributed by atoms with Gasteiger partial charge in [-0.1, -0.05) is 18.5 Å². The maximum atomic E-state index is 10.9. The molecule has 0 spiro atoms. The van der Waals surface area contributed by atoms with E-state index in [-0.39, 0.29) is 5.56 Å². The van der Waals surface area contributed by atoms with Crippen molar-refractivity contribution in [3.8, 4) is 5.75 Å². The first-order valence-corrected chi connectivity index (χ1v) is 4.57. The van der Waals surface area contributed by atoms with Crippen LogP contribution in [-0.2, 0) is 6.42 Å². The van der Waals surface area contributed by atoms with Crippen LogP contribution in [-0.4, -0.2) is 18.2 Å². The molecule has 0 aliphatic carbocycles. The zero-order valence-corrected chi connectivity index (χ0v) is 8.76. The van der Waals surface area contributed by atoms with Crippen LogP contribution < -0.4 is 4.74 Å². The molecule has 1 aromatic rings. The number of carboxylic acid groups (broad SMARTS) is 1. The molecule has 0 saturated heterocycles. The number of hydrogen-bond acceptors (Lipinski definition) is 2. The van der Waals surface area contributed by atoms with Crippen LogP contribution >= 0.6 is 11.6 Å². The van der Waals surface area contributed by atoms with Crippen molar-refractivity contribution in [2.75, 3.05) is 7.11 Å². The minimum atomic E-state index is -1.03. The molecule has 14 heavy (non-hydrogen) atoms. The predicted octanol–water partition coefficient (Wildman–Crippen LogP) is 2.61. The molecule has 0 saturated carbocycles. The van der Waals surface area contributed by atoms with E-state index < -0.39 is 5.97 Å². The summed E-state index contributed by atoms with van der Waals surface area (Å²) < 4.78 is 5.04. The molecule has 0 heterocycles. The largest absolute Gasteiger partial charge is 0.496 e. The topological polar surface area (TPSA) is 46.5 Å². The van der Waals surface area contributed by atoms with E-state index in [1.807, 2.05) is 6.92 Å². The Labute approximate surface area is 87.3 Å². The van der Waals surface area contributed by atoms with Gasteiger partial charge in [0.05, 0.1) is 7.11 Å². The van der Waals surface area contributed by atoms with Crippen LogP contribution in [0.15, 0.2) is 12.1 Å². The van der Waals surface area contributed by atoms with Crippen molar-refractivity contribution < 1.29 is 14.6 Å². The summed E-state index contributed by atoms with van der Waals surface area (Å²) in [5.74, 6) is -0.636. The molecule has 0 fully saturated rings. The van der Waals surface area contributed by atoms with E-state index in [1.54, 1.807) is 6.07 Å². The highest BCUT2D eigenvalue weighted by Crippen LogP contribution is 2.28. The minimum Gasteiger partial charge on any atom is -0.496 e. The lowest BCUT2D eigenvalue weighted by Crippen LogP contribution is -2.03. The van der Waals surface area contributed by atoms with E-state index in [9.17, 15) is 4.79 Å².